The normalized spacial score (nSPS) is 25.1. The number of aliphatic hydroxyl groups excluding tert-OH is 1. The minimum Gasteiger partial charge on any atom is -0.487 e. The lowest BCUT2D eigenvalue weighted by Crippen LogP contribution is -2.35. The Morgan fingerprint density at radius 2 is 2.11 bits per heavy atom. The van der Waals surface area contributed by atoms with Crippen molar-refractivity contribution in [2.75, 3.05) is 7.05 Å². The summed E-state index contributed by atoms with van der Waals surface area (Å²) in [5, 5.41) is 13.3. The number of rotatable bonds is 4. The van der Waals surface area contributed by atoms with Crippen LogP contribution >= 0.6 is 15.9 Å². The van der Waals surface area contributed by atoms with E-state index >= 15 is 0 Å². The lowest BCUT2D eigenvalue weighted by molar-refractivity contribution is 0.00617. The summed E-state index contributed by atoms with van der Waals surface area (Å²) in [5.74, 6) is 0.863. The van der Waals surface area contributed by atoms with Crippen molar-refractivity contribution in [1.29, 1.82) is 0 Å². The molecular weight excluding hydrogens is 306 g/mol. The zero-order chi connectivity index (χ0) is 13.8. The maximum Gasteiger partial charge on any atom is 0.125 e. The molecule has 2 N–H and O–H groups in total. The van der Waals surface area contributed by atoms with E-state index in [9.17, 15) is 5.11 Å². The van der Waals surface area contributed by atoms with Gasteiger partial charge in [0.1, 0.15) is 11.9 Å². The zero-order valence-corrected chi connectivity index (χ0v) is 13.1. The number of ether oxygens (including phenoxy) is 1. The maximum atomic E-state index is 10.0. The number of aliphatic hydroxyl groups is 1. The van der Waals surface area contributed by atoms with Gasteiger partial charge in [-0.15, -0.1) is 0 Å². The summed E-state index contributed by atoms with van der Waals surface area (Å²) < 4.78 is 7.08. The summed E-state index contributed by atoms with van der Waals surface area (Å²) >= 11 is 3.48. The molecule has 0 heterocycles. The minimum atomic E-state index is -0.342. The van der Waals surface area contributed by atoms with E-state index in [-0.39, 0.29) is 18.2 Å². The van der Waals surface area contributed by atoms with E-state index in [2.05, 4.69) is 34.2 Å². The molecule has 0 aliphatic heterocycles. The van der Waals surface area contributed by atoms with Gasteiger partial charge in [-0.1, -0.05) is 28.4 Å². The van der Waals surface area contributed by atoms with E-state index < -0.39 is 0 Å². The summed E-state index contributed by atoms with van der Waals surface area (Å²) in [6.45, 7) is 2.10. The van der Waals surface area contributed by atoms with Crippen LogP contribution in [0.3, 0.4) is 0 Å². The van der Waals surface area contributed by atoms with Crippen LogP contribution in [0.4, 0.5) is 0 Å². The van der Waals surface area contributed by atoms with E-state index in [0.717, 1.165) is 41.5 Å². The van der Waals surface area contributed by atoms with E-state index in [1.54, 1.807) is 0 Å². The highest BCUT2D eigenvalue weighted by atomic mass is 79.9. The fourth-order valence-corrected chi connectivity index (χ4v) is 2.84. The summed E-state index contributed by atoms with van der Waals surface area (Å²) in [4.78, 5) is 0. The molecule has 2 rings (SSSR count). The van der Waals surface area contributed by atoms with E-state index in [1.807, 2.05) is 19.2 Å². The lowest BCUT2D eigenvalue weighted by Gasteiger charge is -2.29. The fraction of sp³-hybridized carbons (Fsp3) is 0.600. The van der Waals surface area contributed by atoms with Gasteiger partial charge in [0.05, 0.1) is 6.10 Å². The van der Waals surface area contributed by atoms with Gasteiger partial charge in [0.2, 0.25) is 0 Å². The quantitative estimate of drug-likeness (QED) is 0.890. The molecule has 3 unspecified atom stereocenters. The predicted octanol–water partition coefficient (Wildman–Crippen LogP) is 3.41. The average molecular weight is 328 g/mol. The molecule has 0 amide bonds. The standard InChI is InChI=1S/C15H22BrNO2/c1-10(17-2)12-8-7-11(16)9-15(12)19-14-6-4-3-5-13(14)18/h7-10,13-14,17-18H,3-6H2,1-2H3. The van der Waals surface area contributed by atoms with Crippen molar-refractivity contribution in [3.8, 4) is 5.75 Å². The maximum absolute atomic E-state index is 10.0. The van der Waals surface area contributed by atoms with Crippen LogP contribution < -0.4 is 10.1 Å². The van der Waals surface area contributed by atoms with E-state index in [4.69, 9.17) is 4.74 Å². The summed E-state index contributed by atoms with van der Waals surface area (Å²) in [7, 11) is 1.94. The molecule has 1 aromatic rings. The van der Waals surface area contributed by atoms with Crippen LogP contribution in [0.5, 0.6) is 5.75 Å². The van der Waals surface area contributed by atoms with Crippen LogP contribution in [0.15, 0.2) is 22.7 Å². The Labute approximate surface area is 123 Å². The lowest BCUT2D eigenvalue weighted by atomic mass is 9.94. The zero-order valence-electron chi connectivity index (χ0n) is 11.5. The average Bonchev–Trinajstić information content (AvgIpc) is 2.41. The molecule has 0 aromatic heterocycles. The summed E-state index contributed by atoms with van der Waals surface area (Å²) in [6, 6.07) is 6.30. The Balaban J connectivity index is 2.19. The molecule has 1 aromatic carbocycles. The van der Waals surface area contributed by atoms with Crippen molar-refractivity contribution in [3.05, 3.63) is 28.2 Å². The van der Waals surface area contributed by atoms with Gasteiger partial charge in [0, 0.05) is 16.1 Å². The number of benzene rings is 1. The first kappa shape index (κ1) is 14.8. The highest BCUT2D eigenvalue weighted by molar-refractivity contribution is 9.10. The number of hydrogen-bond acceptors (Lipinski definition) is 3. The molecule has 0 bridgehead atoms. The van der Waals surface area contributed by atoms with Crippen LogP contribution in [0.25, 0.3) is 0 Å². The van der Waals surface area contributed by atoms with Crippen LogP contribution in [-0.2, 0) is 0 Å². The van der Waals surface area contributed by atoms with Gasteiger partial charge in [0.25, 0.3) is 0 Å². The van der Waals surface area contributed by atoms with Crippen molar-refractivity contribution in [3.63, 3.8) is 0 Å². The molecule has 19 heavy (non-hydrogen) atoms. The van der Waals surface area contributed by atoms with Gasteiger partial charge in [-0.25, -0.2) is 0 Å². The second kappa shape index (κ2) is 6.73. The molecule has 0 saturated heterocycles. The Kier molecular flexibility index (Phi) is 5.25. The van der Waals surface area contributed by atoms with Gasteiger partial charge in [-0.05, 0) is 45.4 Å². The number of halogens is 1. The molecule has 106 valence electrons. The van der Waals surface area contributed by atoms with E-state index in [0.29, 0.717) is 0 Å². The molecule has 4 heteroatoms. The summed E-state index contributed by atoms with van der Waals surface area (Å²) in [6.07, 6.45) is 3.58. The van der Waals surface area contributed by atoms with Gasteiger partial charge in [0.15, 0.2) is 0 Å². The van der Waals surface area contributed by atoms with Crippen molar-refractivity contribution in [2.24, 2.45) is 0 Å². The molecule has 1 saturated carbocycles. The van der Waals surface area contributed by atoms with Gasteiger partial charge < -0.3 is 15.2 Å². The minimum absolute atomic E-state index is 0.0779. The second-order valence-corrected chi connectivity index (χ2v) is 6.12. The Bertz CT molecular complexity index is 425. The SMILES string of the molecule is CNC(C)c1ccc(Br)cc1OC1CCCCC1O. The first-order chi connectivity index (χ1) is 9.11. The highest BCUT2D eigenvalue weighted by Gasteiger charge is 2.26. The Morgan fingerprint density at radius 1 is 1.37 bits per heavy atom. The fourth-order valence-electron chi connectivity index (χ4n) is 2.50. The second-order valence-electron chi connectivity index (χ2n) is 5.20. The molecule has 1 aliphatic carbocycles. The molecule has 1 aliphatic rings. The van der Waals surface area contributed by atoms with Crippen LogP contribution in [0, 0.1) is 0 Å². The molecular formula is C15H22BrNO2. The first-order valence-corrected chi connectivity index (χ1v) is 7.72. The predicted molar refractivity (Wildman–Crippen MR) is 80.5 cm³/mol. The molecule has 3 atom stereocenters. The summed E-state index contributed by atoms with van der Waals surface area (Å²) in [5.41, 5.74) is 1.13. The Morgan fingerprint density at radius 3 is 2.79 bits per heavy atom. The van der Waals surface area contributed by atoms with Crippen molar-refractivity contribution in [1.82, 2.24) is 5.32 Å². The van der Waals surface area contributed by atoms with Gasteiger partial charge >= 0.3 is 0 Å². The van der Waals surface area contributed by atoms with E-state index in [1.165, 1.54) is 0 Å². The molecule has 1 fully saturated rings. The first-order valence-electron chi connectivity index (χ1n) is 6.93. The third-order valence-corrected chi connectivity index (χ3v) is 4.31. The molecule has 3 nitrogen and oxygen atoms in total. The molecule has 0 spiro atoms. The van der Waals surface area contributed by atoms with Crippen LogP contribution in [0.2, 0.25) is 0 Å². The van der Waals surface area contributed by atoms with Gasteiger partial charge in [-0.3, -0.25) is 0 Å². The van der Waals surface area contributed by atoms with Crippen molar-refractivity contribution in [2.45, 2.75) is 50.9 Å². The van der Waals surface area contributed by atoms with Crippen LogP contribution in [-0.4, -0.2) is 24.4 Å². The monoisotopic (exact) mass is 327 g/mol. The highest BCUT2D eigenvalue weighted by Crippen LogP contribution is 2.32. The smallest absolute Gasteiger partial charge is 0.125 e. The van der Waals surface area contributed by atoms with Crippen molar-refractivity contribution >= 4 is 15.9 Å². The third-order valence-electron chi connectivity index (χ3n) is 3.82. The Hall–Kier alpha value is -0.580. The third kappa shape index (κ3) is 3.71. The van der Waals surface area contributed by atoms with Crippen LogP contribution in [0.1, 0.15) is 44.2 Å². The largest absolute Gasteiger partial charge is 0.487 e. The number of hydrogen-bond donors (Lipinski definition) is 2. The molecule has 0 radical (unpaired) electrons. The topological polar surface area (TPSA) is 41.5 Å². The van der Waals surface area contributed by atoms with Crippen molar-refractivity contribution < 1.29 is 9.84 Å². The number of nitrogens with one attached hydrogen (secondary N) is 1. The van der Waals surface area contributed by atoms with Gasteiger partial charge in [-0.2, -0.15) is 0 Å².